The summed E-state index contributed by atoms with van der Waals surface area (Å²) in [6.45, 7) is 4.82. The van der Waals surface area contributed by atoms with Crippen molar-refractivity contribution in [2.45, 2.75) is 20.4 Å². The maximum atomic E-state index is 12.6. The van der Waals surface area contributed by atoms with Crippen molar-refractivity contribution in [2.75, 3.05) is 12.3 Å². The van der Waals surface area contributed by atoms with E-state index in [1.54, 1.807) is 30.3 Å². The van der Waals surface area contributed by atoms with Gasteiger partial charge in [-0.3, -0.25) is 14.8 Å². The maximum absolute atomic E-state index is 12.6. The Morgan fingerprint density at radius 3 is 2.80 bits per heavy atom. The molecule has 2 N–H and O–H groups in total. The van der Waals surface area contributed by atoms with E-state index >= 15 is 0 Å². The normalized spacial score (nSPS) is 10.3. The first kappa shape index (κ1) is 14.0. The number of amides is 1. The Labute approximate surface area is 118 Å². The lowest BCUT2D eigenvalue weighted by Gasteiger charge is -2.21. The van der Waals surface area contributed by atoms with Gasteiger partial charge in [-0.1, -0.05) is 6.07 Å². The van der Waals surface area contributed by atoms with Crippen molar-refractivity contribution < 1.29 is 4.79 Å². The first-order chi connectivity index (χ1) is 9.61. The molecule has 5 nitrogen and oxygen atoms in total. The Balaban J connectivity index is 2.23. The van der Waals surface area contributed by atoms with E-state index in [9.17, 15) is 4.79 Å². The standard InChI is InChI=1S/C15H18N4O/c1-3-19(10-13-6-4-5-7-17-13)15(20)14-8-12(16)9-18-11(14)2/h4-9H,3,10,16H2,1-2H3. The number of aryl methyl sites for hydroxylation is 1. The summed E-state index contributed by atoms with van der Waals surface area (Å²) >= 11 is 0. The second-order valence-electron chi connectivity index (χ2n) is 4.54. The zero-order valence-electron chi connectivity index (χ0n) is 11.7. The highest BCUT2D eigenvalue weighted by Crippen LogP contribution is 2.14. The zero-order chi connectivity index (χ0) is 14.5. The van der Waals surface area contributed by atoms with Crippen LogP contribution in [-0.4, -0.2) is 27.3 Å². The van der Waals surface area contributed by atoms with Gasteiger partial charge in [0.1, 0.15) is 0 Å². The summed E-state index contributed by atoms with van der Waals surface area (Å²) in [5, 5.41) is 0. The average Bonchev–Trinajstić information content (AvgIpc) is 2.47. The molecule has 0 fully saturated rings. The highest BCUT2D eigenvalue weighted by Gasteiger charge is 2.17. The molecule has 2 aromatic rings. The number of pyridine rings is 2. The molecule has 0 saturated heterocycles. The van der Waals surface area contributed by atoms with Crippen molar-refractivity contribution in [3.63, 3.8) is 0 Å². The second kappa shape index (κ2) is 6.14. The predicted molar refractivity (Wildman–Crippen MR) is 78.0 cm³/mol. The molecule has 20 heavy (non-hydrogen) atoms. The lowest BCUT2D eigenvalue weighted by molar-refractivity contribution is 0.0749. The Morgan fingerprint density at radius 1 is 1.35 bits per heavy atom. The van der Waals surface area contributed by atoms with E-state index in [0.29, 0.717) is 30.0 Å². The fraction of sp³-hybridized carbons (Fsp3) is 0.267. The molecule has 0 aromatic carbocycles. The van der Waals surface area contributed by atoms with Crippen molar-refractivity contribution in [2.24, 2.45) is 0 Å². The van der Waals surface area contributed by atoms with Crippen LogP contribution in [0.4, 0.5) is 5.69 Å². The summed E-state index contributed by atoms with van der Waals surface area (Å²) in [7, 11) is 0. The molecule has 2 aromatic heterocycles. The third kappa shape index (κ3) is 3.12. The minimum Gasteiger partial charge on any atom is -0.397 e. The van der Waals surface area contributed by atoms with E-state index in [-0.39, 0.29) is 5.91 Å². The molecule has 0 saturated carbocycles. The number of carbonyl (C=O) groups is 1. The van der Waals surface area contributed by atoms with E-state index in [0.717, 1.165) is 5.69 Å². The largest absolute Gasteiger partial charge is 0.397 e. The van der Waals surface area contributed by atoms with Crippen LogP contribution in [0.2, 0.25) is 0 Å². The van der Waals surface area contributed by atoms with Gasteiger partial charge in [0.2, 0.25) is 0 Å². The quantitative estimate of drug-likeness (QED) is 0.922. The first-order valence-corrected chi connectivity index (χ1v) is 6.53. The van der Waals surface area contributed by atoms with Crippen LogP contribution in [0.25, 0.3) is 0 Å². The van der Waals surface area contributed by atoms with Gasteiger partial charge in [0.15, 0.2) is 0 Å². The number of carbonyl (C=O) groups excluding carboxylic acids is 1. The number of aromatic nitrogens is 2. The molecule has 104 valence electrons. The molecular weight excluding hydrogens is 252 g/mol. The van der Waals surface area contributed by atoms with Gasteiger partial charge in [0.05, 0.1) is 35.4 Å². The fourth-order valence-corrected chi connectivity index (χ4v) is 1.95. The van der Waals surface area contributed by atoms with Gasteiger partial charge < -0.3 is 10.6 Å². The molecule has 0 aliphatic carbocycles. The molecule has 1 amide bonds. The Hall–Kier alpha value is -2.43. The third-order valence-electron chi connectivity index (χ3n) is 3.09. The molecule has 0 bridgehead atoms. The smallest absolute Gasteiger partial charge is 0.256 e. The average molecular weight is 270 g/mol. The van der Waals surface area contributed by atoms with Crippen LogP contribution in [0.3, 0.4) is 0 Å². The number of nitrogen functional groups attached to an aromatic ring is 1. The van der Waals surface area contributed by atoms with Crippen LogP contribution < -0.4 is 5.73 Å². The van der Waals surface area contributed by atoms with Gasteiger partial charge in [-0.05, 0) is 32.0 Å². The van der Waals surface area contributed by atoms with E-state index in [4.69, 9.17) is 5.73 Å². The van der Waals surface area contributed by atoms with Gasteiger partial charge in [0.25, 0.3) is 5.91 Å². The summed E-state index contributed by atoms with van der Waals surface area (Å²) in [6.07, 6.45) is 3.28. The maximum Gasteiger partial charge on any atom is 0.256 e. The molecule has 2 heterocycles. The first-order valence-electron chi connectivity index (χ1n) is 6.53. The molecule has 0 aliphatic heterocycles. The van der Waals surface area contributed by atoms with Crippen molar-refractivity contribution in [1.82, 2.24) is 14.9 Å². The van der Waals surface area contributed by atoms with Crippen LogP contribution in [0.1, 0.15) is 28.7 Å². The number of hydrogen-bond acceptors (Lipinski definition) is 4. The number of hydrogen-bond donors (Lipinski definition) is 1. The van der Waals surface area contributed by atoms with Crippen molar-refractivity contribution in [3.05, 3.63) is 53.6 Å². The molecule has 0 atom stereocenters. The van der Waals surface area contributed by atoms with Gasteiger partial charge in [-0.2, -0.15) is 0 Å². The number of rotatable bonds is 4. The lowest BCUT2D eigenvalue weighted by atomic mass is 10.1. The van der Waals surface area contributed by atoms with Crippen LogP contribution in [0.15, 0.2) is 36.7 Å². The summed E-state index contributed by atoms with van der Waals surface area (Å²) in [5.74, 6) is -0.0737. The van der Waals surface area contributed by atoms with Crippen LogP contribution in [0.5, 0.6) is 0 Å². The van der Waals surface area contributed by atoms with Crippen LogP contribution in [0, 0.1) is 6.92 Å². The minimum absolute atomic E-state index is 0.0737. The molecule has 0 unspecified atom stereocenters. The van der Waals surface area contributed by atoms with E-state index in [1.165, 1.54) is 0 Å². The Kier molecular flexibility index (Phi) is 4.30. The summed E-state index contributed by atoms with van der Waals surface area (Å²) in [6, 6.07) is 7.34. The minimum atomic E-state index is -0.0737. The second-order valence-corrected chi connectivity index (χ2v) is 4.54. The molecule has 2 rings (SSSR count). The summed E-state index contributed by atoms with van der Waals surface area (Å²) in [4.78, 5) is 22.7. The van der Waals surface area contributed by atoms with Crippen LogP contribution >= 0.6 is 0 Å². The number of nitrogens with zero attached hydrogens (tertiary/aromatic N) is 3. The van der Waals surface area contributed by atoms with E-state index in [1.807, 2.05) is 25.1 Å². The molecule has 0 spiro atoms. The Bertz CT molecular complexity index is 598. The van der Waals surface area contributed by atoms with Crippen molar-refractivity contribution in [1.29, 1.82) is 0 Å². The monoisotopic (exact) mass is 270 g/mol. The van der Waals surface area contributed by atoms with Gasteiger partial charge in [0, 0.05) is 12.7 Å². The fourth-order valence-electron chi connectivity index (χ4n) is 1.95. The summed E-state index contributed by atoms with van der Waals surface area (Å²) in [5.41, 5.74) is 8.29. The Morgan fingerprint density at radius 2 is 2.15 bits per heavy atom. The van der Waals surface area contributed by atoms with Crippen LogP contribution in [-0.2, 0) is 6.54 Å². The lowest BCUT2D eigenvalue weighted by Crippen LogP contribution is -2.31. The topological polar surface area (TPSA) is 72.1 Å². The third-order valence-corrected chi connectivity index (χ3v) is 3.09. The van der Waals surface area contributed by atoms with Gasteiger partial charge in [-0.15, -0.1) is 0 Å². The highest BCUT2D eigenvalue weighted by molar-refractivity contribution is 5.95. The van der Waals surface area contributed by atoms with Crippen molar-refractivity contribution >= 4 is 11.6 Å². The summed E-state index contributed by atoms with van der Waals surface area (Å²) < 4.78 is 0. The van der Waals surface area contributed by atoms with Gasteiger partial charge in [-0.25, -0.2) is 0 Å². The van der Waals surface area contributed by atoms with E-state index < -0.39 is 0 Å². The van der Waals surface area contributed by atoms with Gasteiger partial charge >= 0.3 is 0 Å². The zero-order valence-corrected chi connectivity index (χ0v) is 11.7. The molecule has 5 heteroatoms. The molecule has 0 radical (unpaired) electrons. The highest BCUT2D eigenvalue weighted by atomic mass is 16.2. The number of anilines is 1. The van der Waals surface area contributed by atoms with E-state index in [2.05, 4.69) is 9.97 Å². The SMILES string of the molecule is CCN(Cc1ccccn1)C(=O)c1cc(N)cnc1C. The molecule has 0 aliphatic rings. The predicted octanol–water partition coefficient (Wildman–Crippen LogP) is 2.03. The number of nitrogens with two attached hydrogens (primary N) is 1. The molecular formula is C15H18N4O. The van der Waals surface area contributed by atoms with Crippen molar-refractivity contribution in [3.8, 4) is 0 Å².